The Bertz CT molecular complexity index is 308. The molecule has 17 heavy (non-hydrogen) atoms. The minimum absolute atomic E-state index is 0.571. The number of nitrogens with zero attached hydrogens (tertiary/aromatic N) is 2. The summed E-state index contributed by atoms with van der Waals surface area (Å²) in [4.78, 5) is 8.03. The smallest absolute Gasteiger partial charge is 0.218 e. The number of nitrogens with one attached hydrogen (secondary N) is 1. The Morgan fingerprint density at radius 3 is 2.82 bits per heavy atom. The average molecular weight is 239 g/mol. The Hall–Kier alpha value is -1.36. The molecule has 0 bridgehead atoms. The number of unbranched alkanes of at least 4 members (excludes halogenated alkanes) is 1. The molecular weight excluding hydrogens is 218 g/mol. The summed E-state index contributed by atoms with van der Waals surface area (Å²) in [7, 11) is 1.59. The number of ether oxygens (including phenoxy) is 2. The van der Waals surface area contributed by atoms with Gasteiger partial charge in [-0.25, -0.2) is 9.97 Å². The van der Waals surface area contributed by atoms with E-state index in [0.717, 1.165) is 38.4 Å². The van der Waals surface area contributed by atoms with Gasteiger partial charge in [-0.05, 0) is 12.8 Å². The van der Waals surface area contributed by atoms with Crippen molar-refractivity contribution < 1.29 is 9.47 Å². The maximum atomic E-state index is 5.46. The molecule has 1 heterocycles. The molecule has 1 N–H and O–H groups in total. The lowest BCUT2D eigenvalue weighted by Crippen LogP contribution is -2.07. The van der Waals surface area contributed by atoms with Crippen molar-refractivity contribution >= 4 is 5.82 Å². The average Bonchev–Trinajstić information content (AvgIpc) is 2.38. The van der Waals surface area contributed by atoms with Crippen LogP contribution in [0.15, 0.2) is 12.4 Å². The predicted octanol–water partition coefficient (Wildman–Crippen LogP) is 2.10. The summed E-state index contributed by atoms with van der Waals surface area (Å²) in [6.07, 6.45) is 4.77. The van der Waals surface area contributed by atoms with Gasteiger partial charge >= 0.3 is 0 Å². The summed E-state index contributed by atoms with van der Waals surface area (Å²) in [6, 6.07) is 1.78. The summed E-state index contributed by atoms with van der Waals surface area (Å²) in [5.41, 5.74) is 0. The van der Waals surface area contributed by atoms with Crippen molar-refractivity contribution in [1.29, 1.82) is 0 Å². The fourth-order valence-electron chi connectivity index (χ4n) is 1.29. The van der Waals surface area contributed by atoms with Gasteiger partial charge < -0.3 is 14.8 Å². The van der Waals surface area contributed by atoms with Gasteiger partial charge in [0.2, 0.25) is 5.88 Å². The van der Waals surface area contributed by atoms with Crippen LogP contribution in [0.1, 0.15) is 26.2 Å². The maximum Gasteiger partial charge on any atom is 0.218 e. The van der Waals surface area contributed by atoms with Crippen molar-refractivity contribution in [3.05, 3.63) is 12.4 Å². The predicted molar refractivity (Wildman–Crippen MR) is 67.4 cm³/mol. The van der Waals surface area contributed by atoms with Crippen molar-refractivity contribution in [3.8, 4) is 5.88 Å². The van der Waals surface area contributed by atoms with E-state index in [4.69, 9.17) is 9.47 Å². The molecule has 1 rings (SSSR count). The van der Waals surface area contributed by atoms with Crippen LogP contribution in [0, 0.1) is 0 Å². The molecule has 1 aromatic heterocycles. The van der Waals surface area contributed by atoms with Crippen LogP contribution < -0.4 is 10.1 Å². The quantitative estimate of drug-likeness (QED) is 0.669. The Morgan fingerprint density at radius 2 is 2.06 bits per heavy atom. The number of methoxy groups -OCH3 is 1. The van der Waals surface area contributed by atoms with E-state index < -0.39 is 0 Å². The maximum absolute atomic E-state index is 5.46. The van der Waals surface area contributed by atoms with E-state index in [9.17, 15) is 0 Å². The first kappa shape index (κ1) is 13.7. The minimum atomic E-state index is 0.571. The first-order valence-corrected chi connectivity index (χ1v) is 6.04. The van der Waals surface area contributed by atoms with Gasteiger partial charge in [0, 0.05) is 25.8 Å². The largest absolute Gasteiger partial charge is 0.481 e. The second kappa shape index (κ2) is 8.75. The molecule has 0 radical (unpaired) electrons. The van der Waals surface area contributed by atoms with Crippen LogP contribution in [0.25, 0.3) is 0 Å². The van der Waals surface area contributed by atoms with E-state index in [1.807, 2.05) is 0 Å². The zero-order valence-corrected chi connectivity index (χ0v) is 10.6. The van der Waals surface area contributed by atoms with Crippen LogP contribution in [0.2, 0.25) is 0 Å². The molecule has 5 nitrogen and oxygen atoms in total. The van der Waals surface area contributed by atoms with Gasteiger partial charge in [0.1, 0.15) is 12.1 Å². The summed E-state index contributed by atoms with van der Waals surface area (Å²) < 4.78 is 10.5. The van der Waals surface area contributed by atoms with Crippen molar-refractivity contribution in [1.82, 2.24) is 9.97 Å². The molecule has 5 heteroatoms. The van der Waals surface area contributed by atoms with Gasteiger partial charge in [-0.1, -0.05) is 13.3 Å². The van der Waals surface area contributed by atoms with Crippen LogP contribution in [0.4, 0.5) is 5.82 Å². The lowest BCUT2D eigenvalue weighted by molar-refractivity contribution is 0.131. The van der Waals surface area contributed by atoms with E-state index in [1.165, 1.54) is 12.7 Å². The second-order valence-corrected chi connectivity index (χ2v) is 3.69. The molecule has 0 aliphatic rings. The molecule has 0 aromatic carbocycles. The molecule has 0 spiro atoms. The zero-order valence-electron chi connectivity index (χ0n) is 10.6. The summed E-state index contributed by atoms with van der Waals surface area (Å²) in [5, 5.41) is 3.20. The molecular formula is C12H21N3O2. The molecule has 0 aliphatic carbocycles. The Kier molecular flexibility index (Phi) is 7.06. The van der Waals surface area contributed by atoms with Crippen molar-refractivity contribution in [2.24, 2.45) is 0 Å². The van der Waals surface area contributed by atoms with E-state index in [1.54, 1.807) is 13.2 Å². The molecule has 96 valence electrons. The van der Waals surface area contributed by atoms with E-state index >= 15 is 0 Å². The highest BCUT2D eigenvalue weighted by Crippen LogP contribution is 2.09. The first-order chi connectivity index (χ1) is 8.36. The molecule has 0 atom stereocenters. The molecule has 0 fully saturated rings. The molecule has 0 amide bonds. The van der Waals surface area contributed by atoms with Crippen LogP contribution in [-0.4, -0.2) is 36.8 Å². The minimum Gasteiger partial charge on any atom is -0.481 e. The highest BCUT2D eigenvalue weighted by Gasteiger charge is 1.97. The van der Waals surface area contributed by atoms with Gasteiger partial charge in [-0.15, -0.1) is 0 Å². The third-order valence-electron chi connectivity index (χ3n) is 2.26. The normalized spacial score (nSPS) is 10.2. The molecule has 0 unspecified atom stereocenters. The van der Waals surface area contributed by atoms with E-state index in [0.29, 0.717) is 5.88 Å². The zero-order chi connectivity index (χ0) is 12.3. The SMILES string of the molecule is CCCCOCCCNc1cc(OC)ncn1. The lowest BCUT2D eigenvalue weighted by Gasteiger charge is -2.06. The molecule has 0 aliphatic heterocycles. The van der Waals surface area contributed by atoms with Gasteiger partial charge in [-0.3, -0.25) is 0 Å². The van der Waals surface area contributed by atoms with Crippen LogP contribution >= 0.6 is 0 Å². The fourth-order valence-corrected chi connectivity index (χ4v) is 1.29. The highest BCUT2D eigenvalue weighted by molar-refractivity contribution is 5.36. The monoisotopic (exact) mass is 239 g/mol. The van der Waals surface area contributed by atoms with Crippen LogP contribution in [0.3, 0.4) is 0 Å². The van der Waals surface area contributed by atoms with Gasteiger partial charge in [0.25, 0.3) is 0 Å². The standard InChI is InChI=1S/C12H21N3O2/c1-3-4-7-17-8-5-6-13-11-9-12(16-2)15-10-14-11/h9-10H,3-8H2,1-2H3,(H,13,14,15). The molecule has 0 saturated heterocycles. The lowest BCUT2D eigenvalue weighted by atomic mass is 10.3. The fraction of sp³-hybridized carbons (Fsp3) is 0.667. The van der Waals surface area contributed by atoms with Gasteiger partial charge in [-0.2, -0.15) is 0 Å². The van der Waals surface area contributed by atoms with Crippen molar-refractivity contribution in [3.63, 3.8) is 0 Å². The number of rotatable bonds is 9. The van der Waals surface area contributed by atoms with Crippen molar-refractivity contribution in [2.45, 2.75) is 26.2 Å². The third-order valence-corrected chi connectivity index (χ3v) is 2.26. The number of anilines is 1. The van der Waals surface area contributed by atoms with Gasteiger partial charge in [0.15, 0.2) is 0 Å². The summed E-state index contributed by atoms with van der Waals surface area (Å²) in [5.74, 6) is 1.35. The van der Waals surface area contributed by atoms with Crippen LogP contribution in [0.5, 0.6) is 5.88 Å². The van der Waals surface area contributed by atoms with E-state index in [-0.39, 0.29) is 0 Å². The highest BCUT2D eigenvalue weighted by atomic mass is 16.5. The number of hydrogen-bond donors (Lipinski definition) is 1. The Labute approximate surface area is 103 Å². The Balaban J connectivity index is 2.09. The first-order valence-electron chi connectivity index (χ1n) is 6.04. The number of hydrogen-bond acceptors (Lipinski definition) is 5. The molecule has 0 saturated carbocycles. The summed E-state index contributed by atoms with van der Waals surface area (Å²) >= 11 is 0. The van der Waals surface area contributed by atoms with E-state index in [2.05, 4.69) is 22.2 Å². The third kappa shape index (κ3) is 6.06. The van der Waals surface area contributed by atoms with Gasteiger partial charge in [0.05, 0.1) is 7.11 Å². The van der Waals surface area contributed by atoms with Crippen LogP contribution in [-0.2, 0) is 4.74 Å². The second-order valence-electron chi connectivity index (χ2n) is 3.69. The summed E-state index contributed by atoms with van der Waals surface area (Å²) in [6.45, 7) is 4.65. The Morgan fingerprint density at radius 1 is 1.24 bits per heavy atom. The molecule has 1 aromatic rings. The topological polar surface area (TPSA) is 56.3 Å². The number of aromatic nitrogens is 2. The van der Waals surface area contributed by atoms with Crippen molar-refractivity contribution in [2.75, 3.05) is 32.2 Å².